The molecule has 0 bridgehead atoms. The van der Waals surface area contributed by atoms with Gasteiger partial charge in [0.25, 0.3) is 0 Å². The van der Waals surface area contributed by atoms with E-state index in [1.165, 1.54) is 11.1 Å². The Hall–Kier alpha value is -2.09. The predicted molar refractivity (Wildman–Crippen MR) is 70.8 cm³/mol. The summed E-state index contributed by atoms with van der Waals surface area (Å²) in [6.45, 7) is 0. The molecule has 17 heavy (non-hydrogen) atoms. The zero-order chi connectivity index (χ0) is 12.1. The van der Waals surface area contributed by atoms with Crippen molar-refractivity contribution in [3.8, 4) is 0 Å². The van der Waals surface area contributed by atoms with Crippen LogP contribution < -0.4 is 4.57 Å². The lowest BCUT2D eigenvalue weighted by atomic mass is 10.2. The maximum absolute atomic E-state index is 2.10. The van der Waals surface area contributed by atoms with Gasteiger partial charge in [-0.25, -0.2) is 4.57 Å². The van der Waals surface area contributed by atoms with Crippen molar-refractivity contribution in [1.29, 1.82) is 0 Å². The minimum atomic E-state index is 1.21. The first-order valence-electron chi connectivity index (χ1n) is 5.66. The van der Waals surface area contributed by atoms with Gasteiger partial charge in [0.1, 0.15) is 7.05 Å². The Balaban J connectivity index is 2.02. The number of hydrogen-bond acceptors (Lipinski definition) is 1. The quantitative estimate of drug-likeness (QED) is 0.701. The van der Waals surface area contributed by atoms with Crippen LogP contribution in [0.3, 0.4) is 0 Å². The highest BCUT2D eigenvalue weighted by Gasteiger charge is 1.93. The lowest BCUT2D eigenvalue weighted by molar-refractivity contribution is -0.671. The molecule has 0 saturated carbocycles. The highest BCUT2D eigenvalue weighted by Crippen LogP contribution is 2.08. The maximum atomic E-state index is 2.10. The number of hydrogen-bond donors (Lipinski definition) is 0. The first-order valence-corrected chi connectivity index (χ1v) is 5.66. The van der Waals surface area contributed by atoms with Gasteiger partial charge in [0.15, 0.2) is 12.4 Å². The summed E-state index contributed by atoms with van der Waals surface area (Å²) in [5.41, 5.74) is 2.42. The molecule has 0 fully saturated rings. The Morgan fingerprint density at radius 2 is 1.76 bits per heavy atom. The molecule has 2 heteroatoms. The summed E-state index contributed by atoms with van der Waals surface area (Å²) in [4.78, 5) is 2.03. The van der Waals surface area contributed by atoms with Crippen molar-refractivity contribution in [1.82, 2.24) is 4.90 Å². The molecular weight excluding hydrogens is 208 g/mol. The van der Waals surface area contributed by atoms with E-state index >= 15 is 0 Å². The van der Waals surface area contributed by atoms with Gasteiger partial charge in [-0.2, -0.15) is 0 Å². The first kappa shape index (κ1) is 11.4. The molecule has 2 rings (SSSR count). The van der Waals surface area contributed by atoms with E-state index in [1.807, 2.05) is 48.4 Å². The normalized spacial score (nSPS) is 14.7. The number of aromatic nitrogens is 1. The molecule has 0 aliphatic carbocycles. The molecule has 0 N–H and O–H groups in total. The van der Waals surface area contributed by atoms with Gasteiger partial charge in [0.2, 0.25) is 0 Å². The fourth-order valence-corrected chi connectivity index (χ4v) is 1.52. The third-order valence-electron chi connectivity index (χ3n) is 2.59. The monoisotopic (exact) mass is 225 g/mol. The lowest BCUT2D eigenvalue weighted by Crippen LogP contribution is -2.25. The molecule has 86 valence electrons. The van der Waals surface area contributed by atoms with Crippen LogP contribution in [0.2, 0.25) is 0 Å². The van der Waals surface area contributed by atoms with Crippen molar-refractivity contribution >= 4 is 6.08 Å². The van der Waals surface area contributed by atoms with E-state index in [1.54, 1.807) is 0 Å². The van der Waals surface area contributed by atoms with Crippen LogP contribution in [0.5, 0.6) is 0 Å². The summed E-state index contributed by atoms with van der Waals surface area (Å²) in [7, 11) is 4.03. The van der Waals surface area contributed by atoms with Crippen molar-refractivity contribution < 1.29 is 4.57 Å². The van der Waals surface area contributed by atoms with Crippen LogP contribution >= 0.6 is 0 Å². The minimum Gasteiger partial charge on any atom is -0.357 e. The van der Waals surface area contributed by atoms with E-state index in [-0.39, 0.29) is 0 Å². The van der Waals surface area contributed by atoms with Gasteiger partial charge < -0.3 is 4.90 Å². The third-order valence-corrected chi connectivity index (χ3v) is 2.59. The number of rotatable bonds is 2. The topological polar surface area (TPSA) is 7.12 Å². The molecule has 1 aliphatic rings. The van der Waals surface area contributed by atoms with Gasteiger partial charge in [-0.1, -0.05) is 18.2 Å². The second kappa shape index (κ2) is 5.30. The second-order valence-electron chi connectivity index (χ2n) is 4.12. The van der Waals surface area contributed by atoms with E-state index in [9.17, 15) is 0 Å². The van der Waals surface area contributed by atoms with Crippen LogP contribution in [0.15, 0.2) is 66.8 Å². The minimum absolute atomic E-state index is 1.21. The zero-order valence-electron chi connectivity index (χ0n) is 10.2. The Morgan fingerprint density at radius 3 is 2.41 bits per heavy atom. The smallest absolute Gasteiger partial charge is 0.169 e. The second-order valence-corrected chi connectivity index (χ2v) is 4.12. The van der Waals surface area contributed by atoms with Gasteiger partial charge in [-0.15, -0.1) is 0 Å². The average molecular weight is 225 g/mol. The molecule has 0 unspecified atom stereocenters. The van der Waals surface area contributed by atoms with E-state index in [2.05, 4.69) is 42.5 Å². The standard InChI is InChI=1S/C15H17N2/c1-16-10-6-14(7-11-16)4-3-5-15-8-12-17(2)13-9-15/h3-13H,1-2H3/q+1. The largest absolute Gasteiger partial charge is 0.357 e. The Bertz CT molecular complexity index is 474. The molecule has 0 atom stereocenters. The van der Waals surface area contributed by atoms with Crippen molar-refractivity contribution in [2.24, 2.45) is 7.05 Å². The van der Waals surface area contributed by atoms with Crippen molar-refractivity contribution in [3.05, 3.63) is 72.4 Å². The first-order chi connectivity index (χ1) is 8.24. The molecular formula is C15H17N2+. The van der Waals surface area contributed by atoms with E-state index < -0.39 is 0 Å². The molecule has 0 aromatic carbocycles. The van der Waals surface area contributed by atoms with Crippen LogP contribution in [0, 0.1) is 0 Å². The fourth-order valence-electron chi connectivity index (χ4n) is 1.52. The molecule has 1 aromatic rings. The van der Waals surface area contributed by atoms with E-state index in [4.69, 9.17) is 0 Å². The van der Waals surface area contributed by atoms with E-state index in [0.29, 0.717) is 0 Å². The molecule has 0 spiro atoms. The number of allylic oxidation sites excluding steroid dienone is 5. The van der Waals surface area contributed by atoms with Gasteiger partial charge in [-0.05, 0) is 23.3 Å². The Labute approximate surface area is 103 Å². The van der Waals surface area contributed by atoms with Crippen LogP contribution in [-0.4, -0.2) is 11.9 Å². The average Bonchev–Trinajstić information content (AvgIpc) is 2.34. The van der Waals surface area contributed by atoms with Crippen molar-refractivity contribution in [2.45, 2.75) is 0 Å². The van der Waals surface area contributed by atoms with Crippen molar-refractivity contribution in [2.75, 3.05) is 7.05 Å². The van der Waals surface area contributed by atoms with Crippen LogP contribution in [0.1, 0.15) is 5.56 Å². The number of nitrogens with zero attached hydrogens (tertiary/aromatic N) is 2. The fraction of sp³-hybridized carbons (Fsp3) is 0.133. The molecule has 2 nitrogen and oxygen atoms in total. The van der Waals surface area contributed by atoms with E-state index in [0.717, 1.165) is 0 Å². The highest BCUT2D eigenvalue weighted by molar-refractivity contribution is 5.51. The van der Waals surface area contributed by atoms with Gasteiger partial charge in [-0.3, -0.25) is 0 Å². The maximum Gasteiger partial charge on any atom is 0.169 e. The Morgan fingerprint density at radius 1 is 1.12 bits per heavy atom. The van der Waals surface area contributed by atoms with Crippen LogP contribution in [0.25, 0.3) is 6.08 Å². The molecule has 1 aliphatic heterocycles. The van der Waals surface area contributed by atoms with Crippen molar-refractivity contribution in [3.63, 3.8) is 0 Å². The summed E-state index contributed by atoms with van der Waals surface area (Å²) in [5, 5.41) is 0. The molecule has 1 aromatic heterocycles. The van der Waals surface area contributed by atoms with Crippen LogP contribution in [0.4, 0.5) is 0 Å². The number of pyridine rings is 1. The van der Waals surface area contributed by atoms with Gasteiger partial charge in [0, 0.05) is 31.6 Å². The summed E-state index contributed by atoms with van der Waals surface area (Å²) < 4.78 is 2.03. The molecule has 0 saturated heterocycles. The Kier molecular flexibility index (Phi) is 3.55. The molecule has 0 radical (unpaired) electrons. The van der Waals surface area contributed by atoms with Crippen LogP contribution in [-0.2, 0) is 7.05 Å². The summed E-state index contributed by atoms with van der Waals surface area (Å²) >= 11 is 0. The summed E-state index contributed by atoms with van der Waals surface area (Å²) in [6.07, 6.45) is 18.6. The summed E-state index contributed by atoms with van der Waals surface area (Å²) in [5.74, 6) is 0. The SMILES string of the molecule is CN1C=CC(=C/C=C/c2cc[n+](C)cc2)C=C1. The van der Waals surface area contributed by atoms with Gasteiger partial charge >= 0.3 is 0 Å². The lowest BCUT2D eigenvalue weighted by Gasteiger charge is -2.11. The predicted octanol–water partition coefficient (Wildman–Crippen LogP) is 2.42. The number of aryl methyl sites for hydroxylation is 1. The molecule has 0 amide bonds. The third kappa shape index (κ3) is 3.45. The zero-order valence-corrected chi connectivity index (χ0v) is 10.2. The summed E-state index contributed by atoms with van der Waals surface area (Å²) in [6, 6.07) is 4.19. The highest BCUT2D eigenvalue weighted by atomic mass is 15.0. The van der Waals surface area contributed by atoms with Gasteiger partial charge in [0.05, 0.1) is 0 Å². The molecule has 2 heterocycles.